The van der Waals surface area contributed by atoms with Gasteiger partial charge in [0.2, 0.25) is 0 Å². The zero-order valence-electron chi connectivity index (χ0n) is 12.7. The summed E-state index contributed by atoms with van der Waals surface area (Å²) in [7, 11) is 0. The third-order valence-corrected chi connectivity index (χ3v) is 4.07. The highest BCUT2D eigenvalue weighted by molar-refractivity contribution is 6.18. The maximum Gasteiger partial charge on any atom is 0.176 e. The van der Waals surface area contributed by atoms with Gasteiger partial charge < -0.3 is 10.2 Å². The third kappa shape index (κ3) is 14.4. The van der Waals surface area contributed by atoms with E-state index in [1.54, 1.807) is 0 Å². The molecule has 0 aromatic carbocycles. The molecule has 2 N–H and O–H groups in total. The molecule has 0 saturated heterocycles. The summed E-state index contributed by atoms with van der Waals surface area (Å²) < 4.78 is 0. The average molecular weight is 293 g/mol. The van der Waals surface area contributed by atoms with Gasteiger partial charge in [0.1, 0.15) is 0 Å². The Morgan fingerprint density at radius 3 is 1.42 bits per heavy atom. The number of aliphatic hydroxyl groups is 2. The Bertz CT molecular complexity index is 184. The molecular formula is C16H33ClO2. The van der Waals surface area contributed by atoms with E-state index < -0.39 is 5.79 Å². The van der Waals surface area contributed by atoms with Crippen LogP contribution in [0, 0.1) is 0 Å². The van der Waals surface area contributed by atoms with Crippen LogP contribution in [0.15, 0.2) is 0 Å². The zero-order valence-corrected chi connectivity index (χ0v) is 13.4. The van der Waals surface area contributed by atoms with Crippen molar-refractivity contribution in [2.24, 2.45) is 0 Å². The van der Waals surface area contributed by atoms with E-state index in [1.807, 2.05) is 0 Å². The second kappa shape index (κ2) is 13.2. The van der Waals surface area contributed by atoms with Crippen LogP contribution in [-0.2, 0) is 0 Å². The zero-order chi connectivity index (χ0) is 14.4. The normalized spacial score (nSPS) is 12.0. The van der Waals surface area contributed by atoms with E-state index in [9.17, 15) is 10.2 Å². The molecule has 0 spiro atoms. The minimum atomic E-state index is -1.65. The number of halogens is 1. The third-order valence-electron chi connectivity index (χ3n) is 3.64. The number of rotatable bonds is 14. The molecule has 116 valence electrons. The molecule has 0 aliphatic heterocycles. The molecule has 0 aromatic heterocycles. The molecule has 0 atom stereocenters. The first-order valence-corrected chi connectivity index (χ1v) is 8.66. The maximum atomic E-state index is 9.31. The van der Waals surface area contributed by atoms with Gasteiger partial charge in [-0.05, 0) is 6.42 Å². The van der Waals surface area contributed by atoms with Gasteiger partial charge in [0.25, 0.3) is 0 Å². The first-order valence-electron chi connectivity index (χ1n) is 8.13. The molecule has 0 aliphatic rings. The summed E-state index contributed by atoms with van der Waals surface area (Å²) in [6.07, 6.45) is 15.8. The highest BCUT2D eigenvalue weighted by Gasteiger charge is 2.19. The van der Waals surface area contributed by atoms with Gasteiger partial charge in [-0.3, -0.25) is 0 Å². The Hall–Kier alpha value is 0.210. The first-order chi connectivity index (χ1) is 9.12. The Morgan fingerprint density at radius 1 is 0.684 bits per heavy atom. The number of unbranched alkanes of at least 4 members (excludes halogenated alkanes) is 11. The minimum Gasteiger partial charge on any atom is -0.365 e. The van der Waals surface area contributed by atoms with Gasteiger partial charge in [-0.15, -0.1) is 11.6 Å². The van der Waals surface area contributed by atoms with Crippen LogP contribution >= 0.6 is 11.6 Å². The summed E-state index contributed by atoms with van der Waals surface area (Å²) in [5.74, 6) is -1.74. The molecule has 3 heteroatoms. The van der Waals surface area contributed by atoms with Gasteiger partial charge in [0, 0.05) is 6.42 Å². The van der Waals surface area contributed by atoms with Gasteiger partial charge in [0.15, 0.2) is 5.79 Å². The van der Waals surface area contributed by atoms with E-state index in [-0.39, 0.29) is 5.88 Å². The van der Waals surface area contributed by atoms with Gasteiger partial charge in [-0.25, -0.2) is 0 Å². The molecule has 0 unspecified atom stereocenters. The van der Waals surface area contributed by atoms with Crippen molar-refractivity contribution in [3.63, 3.8) is 0 Å². The summed E-state index contributed by atoms with van der Waals surface area (Å²) in [4.78, 5) is 0. The van der Waals surface area contributed by atoms with Gasteiger partial charge in [-0.1, -0.05) is 77.6 Å². The van der Waals surface area contributed by atoms with Crippen LogP contribution in [0.3, 0.4) is 0 Å². The monoisotopic (exact) mass is 292 g/mol. The largest absolute Gasteiger partial charge is 0.365 e. The molecule has 0 bridgehead atoms. The molecule has 0 rings (SSSR count). The van der Waals surface area contributed by atoms with Crippen LogP contribution in [0.1, 0.15) is 90.4 Å². The fraction of sp³-hybridized carbons (Fsp3) is 1.00. The molecule has 0 aliphatic carbocycles. The fourth-order valence-electron chi connectivity index (χ4n) is 2.32. The van der Waals surface area contributed by atoms with Gasteiger partial charge in [0.05, 0.1) is 5.88 Å². The smallest absolute Gasteiger partial charge is 0.176 e. The van der Waals surface area contributed by atoms with Crippen molar-refractivity contribution < 1.29 is 10.2 Å². The summed E-state index contributed by atoms with van der Waals surface area (Å²) in [5, 5.41) is 18.6. The lowest BCUT2D eigenvalue weighted by atomic mass is 10.0. The Balaban J connectivity index is 3.07. The van der Waals surface area contributed by atoms with Crippen LogP contribution in [0.4, 0.5) is 0 Å². The molecule has 19 heavy (non-hydrogen) atoms. The van der Waals surface area contributed by atoms with E-state index in [4.69, 9.17) is 11.6 Å². The quantitative estimate of drug-likeness (QED) is 0.269. The minimum absolute atomic E-state index is 0.0922. The maximum absolute atomic E-state index is 9.31. The van der Waals surface area contributed by atoms with E-state index in [2.05, 4.69) is 6.92 Å². The topological polar surface area (TPSA) is 40.5 Å². The van der Waals surface area contributed by atoms with Crippen molar-refractivity contribution in [1.29, 1.82) is 0 Å². The van der Waals surface area contributed by atoms with Crippen LogP contribution in [0.2, 0.25) is 0 Å². The van der Waals surface area contributed by atoms with Crippen molar-refractivity contribution in [2.75, 3.05) is 5.88 Å². The SMILES string of the molecule is CCCCCCCCCCCCCCC(O)(O)CCl. The second-order valence-electron chi connectivity index (χ2n) is 5.76. The van der Waals surface area contributed by atoms with E-state index in [1.165, 1.54) is 64.2 Å². The number of hydrogen-bond acceptors (Lipinski definition) is 2. The lowest BCUT2D eigenvalue weighted by molar-refractivity contribution is -0.147. The highest BCUT2D eigenvalue weighted by atomic mass is 35.5. The van der Waals surface area contributed by atoms with Crippen molar-refractivity contribution >= 4 is 11.6 Å². The molecule has 0 aromatic rings. The van der Waals surface area contributed by atoms with Crippen LogP contribution in [0.5, 0.6) is 0 Å². The average Bonchev–Trinajstić information content (AvgIpc) is 2.40. The first kappa shape index (κ1) is 19.2. The Kier molecular flexibility index (Phi) is 13.4. The van der Waals surface area contributed by atoms with E-state index in [0.29, 0.717) is 6.42 Å². The Morgan fingerprint density at radius 2 is 1.05 bits per heavy atom. The van der Waals surface area contributed by atoms with Gasteiger partial charge >= 0.3 is 0 Å². The summed E-state index contributed by atoms with van der Waals surface area (Å²) in [6.45, 7) is 2.25. The molecule has 0 amide bonds. The molecule has 0 saturated carbocycles. The fourth-order valence-corrected chi connectivity index (χ4v) is 2.45. The number of hydrogen-bond donors (Lipinski definition) is 2. The molecule has 0 radical (unpaired) electrons. The van der Waals surface area contributed by atoms with E-state index in [0.717, 1.165) is 12.8 Å². The van der Waals surface area contributed by atoms with Crippen molar-refractivity contribution in [3.05, 3.63) is 0 Å². The Labute approximate surface area is 124 Å². The highest BCUT2D eigenvalue weighted by Crippen LogP contribution is 2.16. The molecule has 2 nitrogen and oxygen atoms in total. The van der Waals surface area contributed by atoms with E-state index >= 15 is 0 Å². The summed E-state index contributed by atoms with van der Waals surface area (Å²) in [5.41, 5.74) is 0. The predicted octanol–water partition coefficient (Wildman–Crippen LogP) is 5.00. The lowest BCUT2D eigenvalue weighted by Gasteiger charge is -2.17. The van der Waals surface area contributed by atoms with Crippen molar-refractivity contribution in [3.8, 4) is 0 Å². The second-order valence-corrected chi connectivity index (χ2v) is 6.02. The molecular weight excluding hydrogens is 260 g/mol. The lowest BCUT2D eigenvalue weighted by Crippen LogP contribution is -2.29. The van der Waals surface area contributed by atoms with Crippen molar-refractivity contribution in [1.82, 2.24) is 0 Å². The summed E-state index contributed by atoms with van der Waals surface area (Å²) >= 11 is 5.44. The standard InChI is InChI=1S/C16H33ClO2/c1-2-3-4-5-6-7-8-9-10-11-12-13-14-16(18,19)15-17/h18-19H,2-15H2,1H3. The van der Waals surface area contributed by atoms with Crippen LogP contribution in [0.25, 0.3) is 0 Å². The van der Waals surface area contributed by atoms with Gasteiger partial charge in [-0.2, -0.15) is 0 Å². The predicted molar refractivity (Wildman–Crippen MR) is 83.6 cm³/mol. The van der Waals surface area contributed by atoms with Crippen LogP contribution in [-0.4, -0.2) is 21.9 Å². The number of alkyl halides is 1. The van der Waals surface area contributed by atoms with Crippen molar-refractivity contribution in [2.45, 2.75) is 96.2 Å². The molecule has 0 fully saturated rings. The molecule has 0 heterocycles. The summed E-state index contributed by atoms with van der Waals surface area (Å²) in [6, 6.07) is 0. The van der Waals surface area contributed by atoms with Crippen LogP contribution < -0.4 is 0 Å².